The van der Waals surface area contributed by atoms with E-state index in [4.69, 9.17) is 0 Å². The first-order valence-corrected chi connectivity index (χ1v) is 12.6. The van der Waals surface area contributed by atoms with Gasteiger partial charge in [0.1, 0.15) is 5.69 Å². The number of nitrogens with one attached hydrogen (secondary N) is 2. The topological polar surface area (TPSA) is 85.1 Å². The molecule has 0 fully saturated rings. The molecule has 0 saturated heterocycles. The van der Waals surface area contributed by atoms with Gasteiger partial charge < -0.3 is 10.6 Å². The quantitative estimate of drug-likeness (QED) is 0.536. The molecule has 1 aliphatic rings. The lowest BCUT2D eigenvalue weighted by Crippen LogP contribution is -2.28. The van der Waals surface area contributed by atoms with E-state index in [1.807, 2.05) is 42.5 Å². The van der Waals surface area contributed by atoms with Crippen molar-refractivity contribution in [2.75, 3.05) is 16.4 Å². The van der Waals surface area contributed by atoms with Crippen molar-refractivity contribution in [1.29, 1.82) is 0 Å². The molecule has 1 aromatic heterocycles. The van der Waals surface area contributed by atoms with Crippen LogP contribution in [0.4, 0.5) is 11.4 Å². The van der Waals surface area contributed by atoms with Crippen molar-refractivity contribution in [3.63, 3.8) is 0 Å². The second-order valence-electron chi connectivity index (χ2n) is 8.58. The highest BCUT2D eigenvalue weighted by Gasteiger charge is 2.22. The highest BCUT2D eigenvalue weighted by atomic mass is 32.2. The van der Waals surface area contributed by atoms with E-state index in [0.29, 0.717) is 5.69 Å². The smallest absolute Gasteiger partial charge is 0.295 e. The lowest BCUT2D eigenvalue weighted by Gasteiger charge is -2.19. The zero-order valence-electron chi connectivity index (χ0n) is 19.8. The molecule has 7 nitrogen and oxygen atoms in total. The van der Waals surface area contributed by atoms with Gasteiger partial charge in [-0.1, -0.05) is 30.3 Å². The van der Waals surface area contributed by atoms with E-state index >= 15 is 0 Å². The molecule has 2 amide bonds. The van der Waals surface area contributed by atoms with E-state index in [-0.39, 0.29) is 28.8 Å². The van der Waals surface area contributed by atoms with Crippen LogP contribution in [0.1, 0.15) is 36.6 Å². The molecule has 2 N–H and O–H groups in total. The van der Waals surface area contributed by atoms with Crippen LogP contribution in [0.2, 0.25) is 0 Å². The molecule has 2 aromatic carbocycles. The number of para-hydroxylation sites is 1. The molecule has 1 heterocycles. The second-order valence-corrected chi connectivity index (χ2v) is 9.91. The summed E-state index contributed by atoms with van der Waals surface area (Å²) >= 11 is 1.25. The van der Waals surface area contributed by atoms with Crippen molar-refractivity contribution in [3.8, 4) is 5.69 Å². The van der Waals surface area contributed by atoms with E-state index in [1.165, 1.54) is 34.0 Å². The van der Waals surface area contributed by atoms with Gasteiger partial charge in [-0.15, -0.1) is 11.8 Å². The van der Waals surface area contributed by atoms with Crippen LogP contribution >= 0.6 is 11.8 Å². The molecule has 0 spiro atoms. The van der Waals surface area contributed by atoms with Crippen LogP contribution in [0.15, 0.2) is 53.3 Å². The van der Waals surface area contributed by atoms with Crippen molar-refractivity contribution >= 4 is 35.0 Å². The average molecular weight is 479 g/mol. The first kappa shape index (κ1) is 23.9. The SMILES string of the molecule is Cc1c(NC(=O)C(C)SCC(=O)Nc2cccc3c2CCCC3)c(=O)n(-c2ccccc2)n1C. The van der Waals surface area contributed by atoms with Crippen molar-refractivity contribution < 1.29 is 9.59 Å². The number of rotatable bonds is 7. The van der Waals surface area contributed by atoms with Gasteiger partial charge >= 0.3 is 0 Å². The number of fused-ring (bicyclic) bond motifs is 1. The maximum atomic E-state index is 13.0. The summed E-state index contributed by atoms with van der Waals surface area (Å²) < 4.78 is 3.25. The zero-order chi connectivity index (χ0) is 24.2. The Morgan fingerprint density at radius 2 is 1.76 bits per heavy atom. The number of anilines is 2. The first-order chi connectivity index (χ1) is 16.4. The number of aryl methyl sites for hydroxylation is 1. The molecule has 4 rings (SSSR count). The Labute approximate surface area is 203 Å². The van der Waals surface area contributed by atoms with Gasteiger partial charge in [0.05, 0.1) is 22.4 Å². The van der Waals surface area contributed by atoms with Crippen LogP contribution in [-0.4, -0.2) is 32.2 Å². The Morgan fingerprint density at radius 1 is 1.03 bits per heavy atom. The largest absolute Gasteiger partial charge is 0.325 e. The molecule has 0 radical (unpaired) electrons. The molecule has 1 unspecified atom stereocenters. The van der Waals surface area contributed by atoms with E-state index in [1.54, 1.807) is 25.6 Å². The van der Waals surface area contributed by atoms with Crippen LogP contribution in [0.25, 0.3) is 5.69 Å². The molecule has 1 atom stereocenters. The predicted octanol–water partition coefficient (Wildman–Crippen LogP) is 4.06. The number of carbonyl (C=O) groups is 2. The highest BCUT2D eigenvalue weighted by Crippen LogP contribution is 2.28. The van der Waals surface area contributed by atoms with Gasteiger partial charge in [-0.2, -0.15) is 0 Å². The summed E-state index contributed by atoms with van der Waals surface area (Å²) in [4.78, 5) is 38.4. The third-order valence-electron chi connectivity index (χ3n) is 6.31. The maximum Gasteiger partial charge on any atom is 0.295 e. The number of carbonyl (C=O) groups excluding carboxylic acids is 2. The standard InChI is InChI=1S/C26H30N4O3S/c1-17-24(26(33)30(29(17)3)20-12-5-4-6-13-20)28-25(32)18(2)34-16-23(31)27-22-15-9-11-19-10-7-8-14-21(19)22/h4-6,9,11-13,15,18H,7-8,10,14,16H2,1-3H3,(H,27,31)(H,28,32). The molecule has 8 heteroatoms. The summed E-state index contributed by atoms with van der Waals surface area (Å²) in [7, 11) is 1.78. The molecule has 0 saturated carbocycles. The summed E-state index contributed by atoms with van der Waals surface area (Å²) in [6.45, 7) is 3.54. The third kappa shape index (κ3) is 4.97. The number of hydrogen-bond donors (Lipinski definition) is 2. The summed E-state index contributed by atoms with van der Waals surface area (Å²) in [5.74, 6) is -0.285. The Morgan fingerprint density at radius 3 is 2.53 bits per heavy atom. The monoisotopic (exact) mass is 478 g/mol. The average Bonchev–Trinajstić information content (AvgIpc) is 3.06. The lowest BCUT2D eigenvalue weighted by molar-refractivity contribution is -0.115. The summed E-state index contributed by atoms with van der Waals surface area (Å²) in [5, 5.41) is 5.29. The number of benzene rings is 2. The van der Waals surface area contributed by atoms with Gasteiger partial charge in [-0.05, 0) is 68.9 Å². The lowest BCUT2D eigenvalue weighted by atomic mass is 9.90. The second kappa shape index (κ2) is 10.3. The normalized spacial score (nSPS) is 13.7. The summed E-state index contributed by atoms with van der Waals surface area (Å²) in [6.07, 6.45) is 4.35. The summed E-state index contributed by atoms with van der Waals surface area (Å²) in [5.41, 5.74) is 4.76. The van der Waals surface area contributed by atoms with E-state index in [9.17, 15) is 14.4 Å². The van der Waals surface area contributed by atoms with Gasteiger partial charge in [0.15, 0.2) is 0 Å². The first-order valence-electron chi connectivity index (χ1n) is 11.5. The van der Waals surface area contributed by atoms with Crippen molar-refractivity contribution in [2.24, 2.45) is 7.05 Å². The van der Waals surface area contributed by atoms with Gasteiger partial charge in [0.25, 0.3) is 5.56 Å². The van der Waals surface area contributed by atoms with Gasteiger partial charge in [0.2, 0.25) is 11.8 Å². The molecule has 1 aliphatic carbocycles. The fourth-order valence-corrected chi connectivity index (χ4v) is 4.98. The Bertz CT molecular complexity index is 1260. The Hall–Kier alpha value is -3.26. The van der Waals surface area contributed by atoms with E-state index in [0.717, 1.165) is 30.6 Å². The Balaban J connectivity index is 1.38. The van der Waals surface area contributed by atoms with Crippen LogP contribution in [0.3, 0.4) is 0 Å². The van der Waals surface area contributed by atoms with Crippen LogP contribution < -0.4 is 16.2 Å². The third-order valence-corrected chi connectivity index (χ3v) is 7.45. The minimum atomic E-state index is -0.500. The molecule has 3 aromatic rings. The molecule has 0 bridgehead atoms. The van der Waals surface area contributed by atoms with Gasteiger partial charge in [0, 0.05) is 12.7 Å². The van der Waals surface area contributed by atoms with Crippen molar-refractivity contribution in [3.05, 3.63) is 75.7 Å². The van der Waals surface area contributed by atoms with E-state index < -0.39 is 5.25 Å². The van der Waals surface area contributed by atoms with Gasteiger partial charge in [-0.25, -0.2) is 4.68 Å². The van der Waals surface area contributed by atoms with Gasteiger partial charge in [-0.3, -0.25) is 19.1 Å². The number of amides is 2. The fraction of sp³-hybridized carbons (Fsp3) is 0.346. The minimum absolute atomic E-state index is 0.133. The zero-order valence-corrected chi connectivity index (χ0v) is 20.6. The fourth-order valence-electron chi connectivity index (χ4n) is 4.30. The van der Waals surface area contributed by atoms with E-state index in [2.05, 4.69) is 16.7 Å². The predicted molar refractivity (Wildman–Crippen MR) is 138 cm³/mol. The number of thioether (sulfide) groups is 1. The van der Waals surface area contributed by atoms with Crippen LogP contribution in [0.5, 0.6) is 0 Å². The molecule has 34 heavy (non-hydrogen) atoms. The number of hydrogen-bond acceptors (Lipinski definition) is 4. The van der Waals surface area contributed by atoms with Crippen molar-refractivity contribution in [2.45, 2.75) is 44.8 Å². The number of nitrogens with zero attached hydrogens (tertiary/aromatic N) is 2. The molecule has 178 valence electrons. The van der Waals surface area contributed by atoms with Crippen LogP contribution in [-0.2, 0) is 29.5 Å². The molecular formula is C26H30N4O3S. The minimum Gasteiger partial charge on any atom is -0.325 e. The molecular weight excluding hydrogens is 448 g/mol. The summed E-state index contributed by atoms with van der Waals surface area (Å²) in [6, 6.07) is 15.3. The Kier molecular flexibility index (Phi) is 7.26. The highest BCUT2D eigenvalue weighted by molar-refractivity contribution is 8.01. The van der Waals surface area contributed by atoms with Crippen LogP contribution in [0, 0.1) is 6.92 Å². The maximum absolute atomic E-state index is 13.0. The molecule has 0 aliphatic heterocycles. The number of aromatic nitrogens is 2. The van der Waals surface area contributed by atoms with Crippen molar-refractivity contribution in [1.82, 2.24) is 9.36 Å².